The predicted octanol–water partition coefficient (Wildman–Crippen LogP) is 11.3. The third kappa shape index (κ3) is 16.4. The second-order valence-corrected chi connectivity index (χ2v) is 35.7. The zero-order valence-corrected chi connectivity index (χ0v) is 50.2. The number of benzene rings is 2. The average molecular weight is 1150 g/mol. The number of carbonyl (C=O) groups is 2. The molecule has 0 aliphatic heterocycles. The lowest BCUT2D eigenvalue weighted by atomic mass is 10.1. The molecule has 80 heavy (non-hydrogen) atoms. The lowest BCUT2D eigenvalue weighted by Crippen LogP contribution is -2.40. The number of carbonyl (C=O) groups excluding carboxylic acids is 2. The summed E-state index contributed by atoms with van der Waals surface area (Å²) < 4.78 is 78.1. The summed E-state index contributed by atoms with van der Waals surface area (Å²) in [6.45, 7) is 22.4. The van der Waals surface area contributed by atoms with Crippen molar-refractivity contribution in [2.75, 3.05) is 33.9 Å². The van der Waals surface area contributed by atoms with Gasteiger partial charge in [-0.05, 0) is 117 Å². The highest BCUT2D eigenvalue weighted by Crippen LogP contribution is 2.34. The normalized spacial score (nSPS) is 12.6. The fourth-order valence-electron chi connectivity index (χ4n) is 8.35. The van der Waals surface area contributed by atoms with E-state index in [0.717, 1.165) is 30.6 Å². The first-order chi connectivity index (χ1) is 37.4. The number of aromatic nitrogens is 10. The summed E-state index contributed by atoms with van der Waals surface area (Å²) in [5, 5.41) is 19.2. The molecule has 6 heterocycles. The lowest BCUT2D eigenvalue weighted by molar-refractivity contribution is -0.0504. The van der Waals surface area contributed by atoms with E-state index < -0.39 is 40.4 Å². The Morgan fingerprint density at radius 1 is 0.688 bits per heavy atom. The van der Waals surface area contributed by atoms with Gasteiger partial charge in [0.1, 0.15) is 58.8 Å². The van der Waals surface area contributed by atoms with E-state index in [-0.39, 0.29) is 36.8 Å². The zero-order valence-electron chi connectivity index (χ0n) is 48.2. The van der Waals surface area contributed by atoms with Crippen molar-refractivity contribution in [3.63, 3.8) is 0 Å². The lowest BCUT2D eigenvalue weighted by Gasteiger charge is -2.20. The van der Waals surface area contributed by atoms with Gasteiger partial charge in [0.25, 0.3) is 11.8 Å². The molecule has 0 aliphatic carbocycles. The Morgan fingerprint density at radius 3 is 1.62 bits per heavy atom. The SMILES string of the molecule is CC(C)(C)NC(=O)c1cn(COCC[Si](C)(C)C)c2ncc(-c3n[nH]c4ccc(OC(F)F)cc34)nc12.CN(C)CCCn1nc(-c2cnc3c(n2)c(C(=O)NC(C)(C)C)cn3COCC[Si](C)(C)C)c2cc(OC(F)F)ccc21. The predicted molar refractivity (Wildman–Crippen MR) is 308 cm³/mol. The van der Waals surface area contributed by atoms with Gasteiger partial charge in [0, 0.05) is 70.2 Å². The molecule has 8 aromatic rings. The number of aryl methyl sites for hydroxylation is 1. The highest BCUT2D eigenvalue weighted by Gasteiger charge is 2.27. The molecular formula is C55H75F4N13O6Si2. The summed E-state index contributed by atoms with van der Waals surface area (Å²) in [6.07, 6.45) is 7.39. The second kappa shape index (κ2) is 24.9. The number of nitrogens with zero attached hydrogens (tertiary/aromatic N) is 10. The van der Waals surface area contributed by atoms with E-state index >= 15 is 0 Å². The van der Waals surface area contributed by atoms with Gasteiger partial charge in [-0.2, -0.15) is 27.8 Å². The molecule has 0 fully saturated rings. The number of hydrogen-bond acceptors (Lipinski definition) is 13. The van der Waals surface area contributed by atoms with E-state index in [0.29, 0.717) is 92.3 Å². The number of H-pyrrole nitrogens is 1. The van der Waals surface area contributed by atoms with Crippen LogP contribution in [0.5, 0.6) is 11.5 Å². The molecule has 8 rings (SSSR count). The molecule has 0 unspecified atom stereocenters. The van der Waals surface area contributed by atoms with E-state index in [2.05, 4.69) is 74.7 Å². The van der Waals surface area contributed by atoms with Gasteiger partial charge in [-0.15, -0.1) is 0 Å². The summed E-state index contributed by atoms with van der Waals surface area (Å²) in [5.41, 5.74) is 4.66. The molecule has 0 radical (unpaired) electrons. The molecule has 0 spiro atoms. The van der Waals surface area contributed by atoms with Crippen LogP contribution in [-0.4, -0.2) is 140 Å². The van der Waals surface area contributed by atoms with Crippen molar-refractivity contribution in [2.24, 2.45) is 0 Å². The van der Waals surface area contributed by atoms with E-state index in [1.807, 2.05) is 60.3 Å². The van der Waals surface area contributed by atoms with Crippen LogP contribution in [-0.2, 0) is 29.5 Å². The first-order valence-electron chi connectivity index (χ1n) is 26.5. The maximum atomic E-state index is 13.4. The standard InChI is InChI=1S/C30H43F2N7O3Si.C25H32F2N6O3Si/c1-30(2,3)35-28(40)22-18-38(19-41-14-15-43(6,7)8)27-26(22)34-23(17-33-27)25-21-16-20(42-29(31)32)10-11-24(21)39(36-25)13-9-12-37(4)5;1-25(2,3)30-23(34)17-13-33(14-35-9-10-37(4,5)6)22-21(17)29-19(12-28-22)20-16-11-15(36-24(26)27)7-8-18(16)31-32-20/h10-11,16-18,29H,9,12-15,19H2,1-8H3,(H,35,40);7-8,11-13,24H,9-10,14H2,1-6H3,(H,30,34)(H,31,32). The molecule has 0 bridgehead atoms. The van der Waals surface area contributed by atoms with E-state index in [9.17, 15) is 27.2 Å². The number of alkyl halides is 4. The van der Waals surface area contributed by atoms with Gasteiger partial charge >= 0.3 is 13.2 Å². The number of nitrogens with one attached hydrogen (secondary N) is 3. The van der Waals surface area contributed by atoms with Crippen molar-refractivity contribution < 1.29 is 46.1 Å². The topological polar surface area (TPSA) is 206 Å². The third-order valence-corrected chi connectivity index (χ3v) is 15.6. The molecule has 0 atom stereocenters. The van der Waals surface area contributed by atoms with Crippen molar-refractivity contribution in [3.05, 3.63) is 72.3 Å². The van der Waals surface area contributed by atoms with Crippen molar-refractivity contribution in [2.45, 2.75) is 144 Å². The van der Waals surface area contributed by atoms with Gasteiger partial charge in [-0.1, -0.05) is 39.3 Å². The highest BCUT2D eigenvalue weighted by molar-refractivity contribution is 6.76. The molecule has 2 amide bonds. The number of fused-ring (bicyclic) bond motifs is 4. The van der Waals surface area contributed by atoms with Crippen LogP contribution in [0.2, 0.25) is 51.4 Å². The van der Waals surface area contributed by atoms with Crippen LogP contribution in [0.3, 0.4) is 0 Å². The summed E-state index contributed by atoms with van der Waals surface area (Å²) >= 11 is 0. The molecule has 0 saturated heterocycles. The van der Waals surface area contributed by atoms with Crippen LogP contribution in [0.1, 0.15) is 68.7 Å². The highest BCUT2D eigenvalue weighted by atomic mass is 28.3. The van der Waals surface area contributed by atoms with Gasteiger partial charge in [0.05, 0.1) is 34.6 Å². The molecule has 3 N–H and O–H groups in total. The van der Waals surface area contributed by atoms with E-state index in [4.69, 9.17) is 34.3 Å². The number of halogens is 4. The molecule has 0 saturated carbocycles. The first-order valence-corrected chi connectivity index (χ1v) is 33.9. The smallest absolute Gasteiger partial charge is 0.387 e. The molecule has 6 aromatic heterocycles. The minimum Gasteiger partial charge on any atom is -0.435 e. The first kappa shape index (κ1) is 60.8. The zero-order chi connectivity index (χ0) is 58.5. The summed E-state index contributed by atoms with van der Waals surface area (Å²) in [6, 6.07) is 11.3. The van der Waals surface area contributed by atoms with Crippen LogP contribution in [0.15, 0.2) is 61.2 Å². The van der Waals surface area contributed by atoms with Gasteiger partial charge in [-0.25, -0.2) is 19.9 Å². The molecule has 25 heteroatoms. The Bertz CT molecular complexity index is 3440. The summed E-state index contributed by atoms with van der Waals surface area (Å²) in [7, 11) is 1.49. The second-order valence-electron chi connectivity index (χ2n) is 24.4. The monoisotopic (exact) mass is 1150 g/mol. The third-order valence-electron chi connectivity index (χ3n) is 12.2. The molecule has 0 aliphatic rings. The largest absolute Gasteiger partial charge is 0.435 e. The van der Waals surface area contributed by atoms with Crippen LogP contribution in [0.4, 0.5) is 17.6 Å². The Morgan fingerprint density at radius 2 is 1.16 bits per heavy atom. The van der Waals surface area contributed by atoms with Crippen molar-refractivity contribution >= 4 is 72.1 Å². The molecule has 19 nitrogen and oxygen atoms in total. The summed E-state index contributed by atoms with van der Waals surface area (Å²) in [4.78, 5) is 47.6. The Hall–Kier alpha value is -6.81. The Balaban J connectivity index is 0.000000234. The van der Waals surface area contributed by atoms with Gasteiger partial charge in [0.2, 0.25) is 0 Å². The number of rotatable bonds is 22. The van der Waals surface area contributed by atoms with Crippen molar-refractivity contribution in [3.8, 4) is 34.3 Å². The maximum absolute atomic E-state index is 13.4. The average Bonchev–Trinajstić information content (AvgIpc) is 4.15. The Kier molecular flexibility index (Phi) is 18.9. The fourth-order valence-corrected chi connectivity index (χ4v) is 9.87. The molecule has 2 aromatic carbocycles. The van der Waals surface area contributed by atoms with Crippen LogP contribution in [0.25, 0.3) is 66.9 Å². The van der Waals surface area contributed by atoms with E-state index in [1.54, 1.807) is 52.1 Å². The van der Waals surface area contributed by atoms with Gasteiger partial charge < -0.3 is 43.6 Å². The number of amides is 2. The fraction of sp³-hybridized carbons (Fsp3) is 0.491. The minimum absolute atomic E-state index is 0.00560. The maximum Gasteiger partial charge on any atom is 0.387 e. The van der Waals surface area contributed by atoms with Crippen LogP contribution in [0, 0.1) is 0 Å². The molecule has 432 valence electrons. The van der Waals surface area contributed by atoms with Crippen LogP contribution < -0.4 is 20.1 Å². The van der Waals surface area contributed by atoms with Crippen LogP contribution >= 0.6 is 0 Å². The van der Waals surface area contributed by atoms with E-state index in [1.165, 1.54) is 18.2 Å². The molecular weight excluding hydrogens is 1070 g/mol. The van der Waals surface area contributed by atoms with Crippen molar-refractivity contribution in [1.82, 2.24) is 64.6 Å². The van der Waals surface area contributed by atoms with Gasteiger partial charge in [-0.3, -0.25) is 19.4 Å². The minimum atomic E-state index is -2.95. The Labute approximate surface area is 465 Å². The quantitative estimate of drug-likeness (QED) is 0.0328. The number of aromatic amines is 1. The summed E-state index contributed by atoms with van der Waals surface area (Å²) in [5.74, 6) is -0.538. The van der Waals surface area contributed by atoms with Crippen molar-refractivity contribution in [1.29, 1.82) is 0 Å². The van der Waals surface area contributed by atoms with Gasteiger partial charge in [0.15, 0.2) is 11.3 Å². The number of hydrogen-bond donors (Lipinski definition) is 3. The number of ether oxygens (including phenoxy) is 4.